The predicted octanol–water partition coefficient (Wildman–Crippen LogP) is 6.84. The second kappa shape index (κ2) is 6.77. The molecule has 2 rings (SSSR count). The molecule has 0 bridgehead atoms. The molecule has 0 saturated heterocycles. The van der Waals surface area contributed by atoms with Gasteiger partial charge in [-0.05, 0) is 41.9 Å². The fraction of sp³-hybridized carbons (Fsp3) is 0.0714. The van der Waals surface area contributed by atoms with E-state index in [0.717, 1.165) is 0 Å². The Morgan fingerprint density at radius 2 is 1.52 bits per heavy atom. The molecule has 9 heteroatoms. The number of ether oxygens (including phenoxy) is 1. The Balaban J connectivity index is 2.39. The summed E-state index contributed by atoms with van der Waals surface area (Å²) in [6, 6.07) is 5.28. The molecule has 2 nitrogen and oxygen atoms in total. The van der Waals surface area contributed by atoms with Crippen LogP contribution in [-0.2, 0) is 6.18 Å². The van der Waals surface area contributed by atoms with E-state index in [0.29, 0.717) is 12.1 Å². The standard InChI is InChI=1S/C14H5Cl4F3O2/c15-8-3-6(13(18)22)1-2-11(8)23-12-9(16)4-7(5-10(12)17)14(19,20)21/h1-5H. The Kier molecular flexibility index (Phi) is 5.36. The SMILES string of the molecule is O=C(Cl)c1ccc(Oc2c(Cl)cc(C(F)(F)F)cc2Cl)c(Cl)c1. The van der Waals surface area contributed by atoms with Gasteiger partial charge in [0.15, 0.2) is 5.75 Å². The number of carbonyl (C=O) groups excluding carboxylic acids is 1. The molecular weight excluding hydrogens is 399 g/mol. The summed E-state index contributed by atoms with van der Waals surface area (Å²) in [5, 5.41) is -1.37. The van der Waals surface area contributed by atoms with Gasteiger partial charge in [-0.3, -0.25) is 4.79 Å². The van der Waals surface area contributed by atoms with E-state index in [1.807, 2.05) is 0 Å². The summed E-state index contributed by atoms with van der Waals surface area (Å²) in [6.45, 7) is 0. The van der Waals surface area contributed by atoms with Gasteiger partial charge >= 0.3 is 6.18 Å². The summed E-state index contributed by atoms with van der Waals surface area (Å²) < 4.78 is 43.4. The van der Waals surface area contributed by atoms with Crippen LogP contribution in [0, 0.1) is 0 Å². The molecule has 0 aliphatic carbocycles. The molecule has 0 aliphatic heterocycles. The van der Waals surface area contributed by atoms with Gasteiger partial charge in [0.05, 0.1) is 20.6 Å². The quantitative estimate of drug-likeness (QED) is 0.524. The molecule has 0 atom stereocenters. The third-order valence-corrected chi connectivity index (χ3v) is 3.77. The fourth-order valence-corrected chi connectivity index (χ4v) is 2.54. The lowest BCUT2D eigenvalue weighted by atomic mass is 10.2. The van der Waals surface area contributed by atoms with Gasteiger partial charge in [0.2, 0.25) is 0 Å². The zero-order valence-electron chi connectivity index (χ0n) is 10.8. The Morgan fingerprint density at radius 1 is 0.957 bits per heavy atom. The van der Waals surface area contributed by atoms with Gasteiger partial charge in [0.1, 0.15) is 5.75 Å². The first-order chi connectivity index (χ1) is 10.6. The van der Waals surface area contributed by atoms with Crippen LogP contribution in [-0.4, -0.2) is 5.24 Å². The van der Waals surface area contributed by atoms with Crippen LogP contribution in [0.15, 0.2) is 30.3 Å². The van der Waals surface area contributed by atoms with Crippen molar-refractivity contribution in [1.29, 1.82) is 0 Å². The Bertz CT molecular complexity index is 752. The third kappa shape index (κ3) is 4.23. The predicted molar refractivity (Wildman–Crippen MR) is 83.2 cm³/mol. The molecule has 0 heterocycles. The molecule has 0 spiro atoms. The third-order valence-electron chi connectivity index (χ3n) is 2.70. The minimum Gasteiger partial charge on any atom is -0.453 e. The Morgan fingerprint density at radius 3 is 1.96 bits per heavy atom. The van der Waals surface area contributed by atoms with Crippen LogP contribution in [0.4, 0.5) is 13.2 Å². The van der Waals surface area contributed by atoms with Crippen molar-refractivity contribution in [3.05, 3.63) is 56.5 Å². The van der Waals surface area contributed by atoms with Crippen LogP contribution >= 0.6 is 46.4 Å². The zero-order valence-corrected chi connectivity index (χ0v) is 13.9. The second-order valence-corrected chi connectivity index (χ2v) is 5.85. The molecule has 2 aromatic rings. The first-order valence-electron chi connectivity index (χ1n) is 5.83. The maximum absolute atomic E-state index is 12.7. The van der Waals surface area contributed by atoms with Crippen molar-refractivity contribution in [2.24, 2.45) is 0 Å². The summed E-state index contributed by atoms with van der Waals surface area (Å²) in [5.41, 5.74) is -0.873. The number of carbonyl (C=O) groups is 1. The number of alkyl halides is 3. The highest BCUT2D eigenvalue weighted by Crippen LogP contribution is 2.42. The average molecular weight is 404 g/mol. The Labute approximate surface area is 148 Å². The number of rotatable bonds is 3. The van der Waals surface area contributed by atoms with Crippen molar-refractivity contribution >= 4 is 51.6 Å². The molecule has 0 aliphatic rings. The Hall–Kier alpha value is -1.14. The molecule has 122 valence electrons. The van der Waals surface area contributed by atoms with Crippen molar-refractivity contribution in [2.75, 3.05) is 0 Å². The number of hydrogen-bond acceptors (Lipinski definition) is 2. The van der Waals surface area contributed by atoms with E-state index in [9.17, 15) is 18.0 Å². The molecule has 2 aromatic carbocycles. The van der Waals surface area contributed by atoms with E-state index in [2.05, 4.69) is 0 Å². The lowest BCUT2D eigenvalue weighted by Crippen LogP contribution is -2.05. The van der Waals surface area contributed by atoms with Crippen LogP contribution in [0.1, 0.15) is 15.9 Å². The van der Waals surface area contributed by atoms with Gasteiger partial charge in [-0.1, -0.05) is 34.8 Å². The molecule has 0 N–H and O–H groups in total. The van der Waals surface area contributed by atoms with Gasteiger partial charge in [-0.15, -0.1) is 0 Å². The first kappa shape index (κ1) is 18.2. The topological polar surface area (TPSA) is 26.3 Å². The summed E-state index contributed by atoms with van der Waals surface area (Å²) in [6.07, 6.45) is -4.59. The molecule has 0 aromatic heterocycles. The zero-order chi connectivity index (χ0) is 17.4. The molecular formula is C14H5Cl4F3O2. The van der Waals surface area contributed by atoms with E-state index >= 15 is 0 Å². The van der Waals surface area contributed by atoms with Crippen LogP contribution in [0.5, 0.6) is 11.5 Å². The summed E-state index contributed by atoms with van der Waals surface area (Å²) in [4.78, 5) is 11.0. The average Bonchev–Trinajstić information content (AvgIpc) is 2.42. The molecule has 0 unspecified atom stereocenters. The van der Waals surface area contributed by atoms with E-state index in [1.165, 1.54) is 18.2 Å². The lowest BCUT2D eigenvalue weighted by molar-refractivity contribution is -0.137. The summed E-state index contributed by atoms with van der Waals surface area (Å²) in [7, 11) is 0. The molecule has 0 fully saturated rings. The van der Waals surface area contributed by atoms with E-state index in [-0.39, 0.29) is 32.1 Å². The van der Waals surface area contributed by atoms with Crippen LogP contribution in [0.25, 0.3) is 0 Å². The number of benzene rings is 2. The fourth-order valence-electron chi connectivity index (χ4n) is 1.64. The van der Waals surface area contributed by atoms with Gasteiger partial charge in [-0.2, -0.15) is 13.2 Å². The van der Waals surface area contributed by atoms with Crippen molar-refractivity contribution in [3.63, 3.8) is 0 Å². The van der Waals surface area contributed by atoms with Crippen LogP contribution in [0.3, 0.4) is 0 Å². The first-order valence-corrected chi connectivity index (χ1v) is 7.34. The lowest BCUT2D eigenvalue weighted by Gasteiger charge is -2.14. The van der Waals surface area contributed by atoms with E-state index in [1.54, 1.807) is 0 Å². The van der Waals surface area contributed by atoms with Crippen LogP contribution < -0.4 is 4.74 Å². The van der Waals surface area contributed by atoms with Gasteiger partial charge in [0.25, 0.3) is 5.24 Å². The van der Waals surface area contributed by atoms with Crippen molar-refractivity contribution < 1.29 is 22.7 Å². The van der Waals surface area contributed by atoms with Crippen molar-refractivity contribution in [1.82, 2.24) is 0 Å². The van der Waals surface area contributed by atoms with E-state index in [4.69, 9.17) is 51.1 Å². The van der Waals surface area contributed by atoms with Crippen LogP contribution in [0.2, 0.25) is 15.1 Å². The van der Waals surface area contributed by atoms with Crippen molar-refractivity contribution in [3.8, 4) is 11.5 Å². The van der Waals surface area contributed by atoms with E-state index < -0.39 is 17.0 Å². The highest BCUT2D eigenvalue weighted by atomic mass is 35.5. The van der Waals surface area contributed by atoms with Gasteiger partial charge in [0, 0.05) is 5.56 Å². The highest BCUT2D eigenvalue weighted by molar-refractivity contribution is 6.67. The maximum atomic E-state index is 12.7. The van der Waals surface area contributed by atoms with Gasteiger partial charge < -0.3 is 4.74 Å². The number of hydrogen-bond donors (Lipinski definition) is 0. The summed E-state index contributed by atoms with van der Waals surface area (Å²) >= 11 is 22.8. The molecule has 0 radical (unpaired) electrons. The number of halogens is 7. The normalized spacial score (nSPS) is 11.4. The minimum absolute atomic E-state index is 0.0172. The largest absolute Gasteiger partial charge is 0.453 e. The molecule has 0 amide bonds. The second-order valence-electron chi connectivity index (χ2n) is 4.29. The summed E-state index contributed by atoms with van der Waals surface area (Å²) in [5.74, 6) is -0.134. The van der Waals surface area contributed by atoms with Gasteiger partial charge in [-0.25, -0.2) is 0 Å². The smallest absolute Gasteiger partial charge is 0.416 e. The highest BCUT2D eigenvalue weighted by Gasteiger charge is 2.32. The van der Waals surface area contributed by atoms with Crippen molar-refractivity contribution in [2.45, 2.75) is 6.18 Å². The molecule has 0 saturated carbocycles. The minimum atomic E-state index is -4.59. The molecule has 23 heavy (non-hydrogen) atoms. The maximum Gasteiger partial charge on any atom is 0.416 e. The monoisotopic (exact) mass is 402 g/mol.